The second-order valence-electron chi connectivity index (χ2n) is 6.92. The first kappa shape index (κ1) is 12.7. The summed E-state index contributed by atoms with van der Waals surface area (Å²) in [5.41, 5.74) is 2.95. The number of nitrogens with zero attached hydrogens (tertiary/aromatic N) is 2. The van der Waals surface area contributed by atoms with Crippen molar-refractivity contribution in [2.75, 3.05) is 0 Å². The number of rotatable bonds is 1. The Hall–Kier alpha value is -0.790. The Morgan fingerprint density at radius 3 is 2.47 bits per heavy atom. The lowest BCUT2D eigenvalue weighted by molar-refractivity contribution is 0.399. The largest absolute Gasteiger partial charge is 0.331 e. The monoisotopic (exact) mass is 234 g/mol. The molecule has 1 aliphatic rings. The molecular formula is C15H26N2. The molecule has 0 saturated carbocycles. The second-order valence-corrected chi connectivity index (χ2v) is 6.92. The molecule has 1 atom stereocenters. The molecule has 2 nitrogen and oxygen atoms in total. The number of hydrogen-bond donors (Lipinski definition) is 0. The van der Waals surface area contributed by atoms with E-state index in [-0.39, 0.29) is 5.41 Å². The molecule has 0 aliphatic carbocycles. The van der Waals surface area contributed by atoms with Gasteiger partial charge in [0, 0.05) is 24.1 Å². The van der Waals surface area contributed by atoms with Gasteiger partial charge in [0.25, 0.3) is 0 Å². The maximum Gasteiger partial charge on any atom is 0.109 e. The highest BCUT2D eigenvalue weighted by Crippen LogP contribution is 2.34. The van der Waals surface area contributed by atoms with Crippen LogP contribution >= 0.6 is 0 Å². The van der Waals surface area contributed by atoms with Gasteiger partial charge in [-0.1, -0.05) is 41.5 Å². The van der Waals surface area contributed by atoms with E-state index in [1.807, 2.05) is 0 Å². The van der Waals surface area contributed by atoms with Crippen LogP contribution in [-0.2, 0) is 18.4 Å². The zero-order valence-electron chi connectivity index (χ0n) is 12.2. The highest BCUT2D eigenvalue weighted by atomic mass is 15.1. The van der Waals surface area contributed by atoms with Gasteiger partial charge < -0.3 is 4.57 Å². The van der Waals surface area contributed by atoms with Gasteiger partial charge in [-0.05, 0) is 18.3 Å². The molecule has 2 rings (SSSR count). The van der Waals surface area contributed by atoms with E-state index in [1.165, 1.54) is 23.6 Å². The Kier molecular flexibility index (Phi) is 3.09. The molecular weight excluding hydrogens is 208 g/mol. The Morgan fingerprint density at radius 2 is 1.94 bits per heavy atom. The number of fused-ring (bicyclic) bond motifs is 1. The Balaban J connectivity index is 2.54. The van der Waals surface area contributed by atoms with Crippen molar-refractivity contribution in [3.63, 3.8) is 0 Å². The summed E-state index contributed by atoms with van der Waals surface area (Å²) in [4.78, 5) is 4.96. The molecule has 0 bridgehead atoms. The molecule has 0 fully saturated rings. The summed E-state index contributed by atoms with van der Waals surface area (Å²) >= 11 is 0. The maximum absolute atomic E-state index is 4.96. The van der Waals surface area contributed by atoms with E-state index >= 15 is 0 Å². The van der Waals surface area contributed by atoms with Crippen LogP contribution in [0.25, 0.3) is 0 Å². The van der Waals surface area contributed by atoms with Crippen LogP contribution in [0.4, 0.5) is 0 Å². The van der Waals surface area contributed by atoms with Gasteiger partial charge in [0.1, 0.15) is 5.82 Å². The lowest BCUT2D eigenvalue weighted by Gasteiger charge is -2.24. The molecule has 0 spiro atoms. The Bertz CT molecular complexity index is 407. The quantitative estimate of drug-likeness (QED) is 0.721. The first-order valence-corrected chi connectivity index (χ1v) is 6.90. The van der Waals surface area contributed by atoms with Gasteiger partial charge in [0.15, 0.2) is 0 Å². The lowest BCUT2D eigenvalue weighted by atomic mass is 9.88. The van der Waals surface area contributed by atoms with Gasteiger partial charge in [-0.25, -0.2) is 4.98 Å². The van der Waals surface area contributed by atoms with Crippen molar-refractivity contribution in [1.82, 2.24) is 9.55 Å². The fraction of sp³-hybridized carbons (Fsp3) is 0.800. The predicted octanol–water partition coefficient (Wildman–Crippen LogP) is 3.89. The van der Waals surface area contributed by atoms with Crippen LogP contribution < -0.4 is 0 Å². The highest BCUT2D eigenvalue weighted by molar-refractivity contribution is 5.27. The molecule has 1 aromatic heterocycles. The van der Waals surface area contributed by atoms with E-state index in [0.717, 1.165) is 18.9 Å². The van der Waals surface area contributed by atoms with E-state index in [9.17, 15) is 0 Å². The summed E-state index contributed by atoms with van der Waals surface area (Å²) in [6.45, 7) is 14.9. The molecule has 0 radical (unpaired) electrons. The molecule has 17 heavy (non-hydrogen) atoms. The topological polar surface area (TPSA) is 17.8 Å². The SMILES string of the molecule is CC1CCn2c(nc(C(C)(C)C)c2C(C)C)C1. The van der Waals surface area contributed by atoms with E-state index in [4.69, 9.17) is 4.98 Å². The normalized spacial score (nSPS) is 20.8. The zero-order valence-corrected chi connectivity index (χ0v) is 12.2. The summed E-state index contributed by atoms with van der Waals surface area (Å²) in [7, 11) is 0. The number of aromatic nitrogens is 2. The standard InChI is InChI=1S/C15H26N2/c1-10(2)13-14(15(4,5)6)16-12-9-11(3)7-8-17(12)13/h10-11H,7-9H2,1-6H3. The molecule has 0 N–H and O–H groups in total. The second kappa shape index (κ2) is 4.15. The van der Waals surface area contributed by atoms with E-state index in [1.54, 1.807) is 0 Å². The molecule has 1 unspecified atom stereocenters. The van der Waals surface area contributed by atoms with Crippen molar-refractivity contribution in [3.05, 3.63) is 17.2 Å². The molecule has 96 valence electrons. The van der Waals surface area contributed by atoms with Crippen molar-refractivity contribution in [2.45, 2.75) is 72.3 Å². The van der Waals surface area contributed by atoms with Crippen molar-refractivity contribution in [2.24, 2.45) is 5.92 Å². The third-order valence-corrected chi connectivity index (χ3v) is 3.72. The van der Waals surface area contributed by atoms with Gasteiger partial charge in [0.05, 0.1) is 5.69 Å². The molecule has 0 aromatic carbocycles. The van der Waals surface area contributed by atoms with Crippen molar-refractivity contribution < 1.29 is 0 Å². The Labute approximate surface area is 105 Å². The van der Waals surface area contributed by atoms with Gasteiger partial charge in [-0.15, -0.1) is 0 Å². The minimum atomic E-state index is 0.160. The van der Waals surface area contributed by atoms with E-state index in [0.29, 0.717) is 5.92 Å². The molecule has 0 amide bonds. The fourth-order valence-electron chi connectivity index (χ4n) is 2.82. The summed E-state index contributed by atoms with van der Waals surface area (Å²) in [6, 6.07) is 0. The summed E-state index contributed by atoms with van der Waals surface area (Å²) in [6.07, 6.45) is 2.45. The maximum atomic E-state index is 4.96. The van der Waals surface area contributed by atoms with Crippen molar-refractivity contribution in [3.8, 4) is 0 Å². The van der Waals surface area contributed by atoms with Gasteiger partial charge in [-0.3, -0.25) is 0 Å². The van der Waals surface area contributed by atoms with Crippen molar-refractivity contribution in [1.29, 1.82) is 0 Å². The van der Waals surface area contributed by atoms with Gasteiger partial charge >= 0.3 is 0 Å². The minimum Gasteiger partial charge on any atom is -0.331 e. The molecule has 2 heteroatoms. The highest BCUT2D eigenvalue weighted by Gasteiger charge is 2.29. The summed E-state index contributed by atoms with van der Waals surface area (Å²) in [5.74, 6) is 2.67. The summed E-state index contributed by atoms with van der Waals surface area (Å²) in [5, 5.41) is 0. The minimum absolute atomic E-state index is 0.160. The first-order chi connectivity index (χ1) is 7.80. The third kappa shape index (κ3) is 2.27. The first-order valence-electron chi connectivity index (χ1n) is 6.90. The van der Waals surface area contributed by atoms with Crippen LogP contribution in [0.1, 0.15) is 71.1 Å². The fourth-order valence-corrected chi connectivity index (χ4v) is 2.82. The lowest BCUT2D eigenvalue weighted by Crippen LogP contribution is -2.20. The molecule has 1 aliphatic heterocycles. The number of hydrogen-bond acceptors (Lipinski definition) is 1. The van der Waals surface area contributed by atoms with Gasteiger partial charge in [0.2, 0.25) is 0 Å². The average Bonchev–Trinajstić information content (AvgIpc) is 2.55. The van der Waals surface area contributed by atoms with Crippen LogP contribution in [0, 0.1) is 5.92 Å². The molecule has 1 aromatic rings. The van der Waals surface area contributed by atoms with Crippen LogP contribution in [0.5, 0.6) is 0 Å². The van der Waals surface area contributed by atoms with Crippen molar-refractivity contribution >= 4 is 0 Å². The molecule has 2 heterocycles. The Morgan fingerprint density at radius 1 is 1.29 bits per heavy atom. The predicted molar refractivity (Wildman–Crippen MR) is 72.5 cm³/mol. The van der Waals surface area contributed by atoms with Crippen LogP contribution in [0.15, 0.2) is 0 Å². The zero-order chi connectivity index (χ0) is 12.8. The van der Waals surface area contributed by atoms with E-state index < -0.39 is 0 Å². The van der Waals surface area contributed by atoms with Gasteiger partial charge in [-0.2, -0.15) is 0 Å². The third-order valence-electron chi connectivity index (χ3n) is 3.72. The van der Waals surface area contributed by atoms with E-state index in [2.05, 4.69) is 46.1 Å². The van der Waals surface area contributed by atoms with Crippen LogP contribution in [-0.4, -0.2) is 9.55 Å². The van der Waals surface area contributed by atoms with Crippen LogP contribution in [0.3, 0.4) is 0 Å². The van der Waals surface area contributed by atoms with Crippen LogP contribution in [0.2, 0.25) is 0 Å². The summed E-state index contributed by atoms with van der Waals surface area (Å²) < 4.78 is 2.49. The number of imidazole rings is 1. The average molecular weight is 234 g/mol. The molecule has 0 saturated heterocycles. The smallest absolute Gasteiger partial charge is 0.109 e.